The van der Waals surface area contributed by atoms with Gasteiger partial charge < -0.3 is 19.5 Å². The summed E-state index contributed by atoms with van der Waals surface area (Å²) in [6.45, 7) is 15.9. The predicted molar refractivity (Wildman–Crippen MR) is 168 cm³/mol. The minimum atomic E-state index is -0.828. The molecule has 0 saturated carbocycles. The maximum absolute atomic E-state index is 13.6. The van der Waals surface area contributed by atoms with E-state index < -0.39 is 17.9 Å². The van der Waals surface area contributed by atoms with Crippen LogP contribution < -0.4 is 10.1 Å². The summed E-state index contributed by atoms with van der Waals surface area (Å²) in [5, 5.41) is 8.17. The first kappa shape index (κ1) is 31.1. The van der Waals surface area contributed by atoms with E-state index in [-0.39, 0.29) is 13.2 Å². The van der Waals surface area contributed by atoms with Gasteiger partial charge in [-0.2, -0.15) is 5.10 Å². The second-order valence-electron chi connectivity index (χ2n) is 10.7. The predicted octanol–water partition coefficient (Wildman–Crippen LogP) is 6.66. The molecule has 4 rings (SSSR count). The van der Waals surface area contributed by atoms with Crippen molar-refractivity contribution in [1.29, 1.82) is 0 Å². The fourth-order valence-corrected chi connectivity index (χ4v) is 4.93. The van der Waals surface area contributed by atoms with Crippen LogP contribution in [0, 0.1) is 5.92 Å². The second-order valence-corrected chi connectivity index (χ2v) is 10.7. The lowest BCUT2D eigenvalue weighted by molar-refractivity contribution is -0.138. The summed E-state index contributed by atoms with van der Waals surface area (Å²) in [5.41, 5.74) is 4.61. The van der Waals surface area contributed by atoms with Crippen LogP contribution in [0.3, 0.4) is 0 Å². The summed E-state index contributed by atoms with van der Waals surface area (Å²) in [6.07, 6.45) is 5.82. The molecule has 0 radical (unpaired) electrons. The largest absolute Gasteiger partial charge is 0.494 e. The number of benzene rings is 2. The lowest BCUT2D eigenvalue weighted by Crippen LogP contribution is -2.32. The number of allylic oxidation sites excluding steroid dienone is 2. The SMILES string of the molecule is C=CCOC(=O)C1=C(C)NC(C)=C(C(=O)OCC=C)C1c1cn(-c2ccccc2)nc1-c1ccc(OCCC(C)C)cc1. The molecule has 1 aliphatic rings. The van der Waals surface area contributed by atoms with Gasteiger partial charge in [0, 0.05) is 28.7 Å². The Morgan fingerprint density at radius 3 is 2.05 bits per heavy atom. The monoisotopic (exact) mass is 581 g/mol. The smallest absolute Gasteiger partial charge is 0.337 e. The van der Waals surface area contributed by atoms with E-state index in [1.807, 2.05) is 60.8 Å². The van der Waals surface area contributed by atoms with E-state index in [1.165, 1.54) is 12.2 Å². The Labute approximate surface area is 253 Å². The lowest BCUT2D eigenvalue weighted by Gasteiger charge is -2.30. The fraction of sp³-hybridized carbons (Fsp3) is 0.286. The Morgan fingerprint density at radius 1 is 0.930 bits per heavy atom. The molecule has 43 heavy (non-hydrogen) atoms. The van der Waals surface area contributed by atoms with Crippen molar-refractivity contribution in [3.05, 3.63) is 114 Å². The molecule has 1 aliphatic heterocycles. The molecule has 0 saturated heterocycles. The van der Waals surface area contributed by atoms with Crippen LogP contribution in [0.2, 0.25) is 0 Å². The van der Waals surface area contributed by atoms with E-state index in [2.05, 4.69) is 32.3 Å². The van der Waals surface area contributed by atoms with Crippen LogP contribution in [0.15, 0.2) is 109 Å². The van der Waals surface area contributed by atoms with Gasteiger partial charge in [-0.3, -0.25) is 0 Å². The molecule has 1 N–H and O–H groups in total. The van der Waals surface area contributed by atoms with Crippen LogP contribution in [-0.2, 0) is 19.1 Å². The topological polar surface area (TPSA) is 91.7 Å². The van der Waals surface area contributed by atoms with Crippen LogP contribution in [0.5, 0.6) is 5.75 Å². The molecular formula is C35H39N3O5. The van der Waals surface area contributed by atoms with Crippen molar-refractivity contribution in [3.8, 4) is 22.7 Å². The van der Waals surface area contributed by atoms with E-state index in [9.17, 15) is 9.59 Å². The summed E-state index contributed by atoms with van der Waals surface area (Å²) < 4.78 is 18.7. The maximum atomic E-state index is 13.6. The molecule has 2 heterocycles. The van der Waals surface area contributed by atoms with Crippen molar-refractivity contribution < 1.29 is 23.8 Å². The Hall–Kier alpha value is -4.85. The number of nitrogens with one attached hydrogen (secondary N) is 1. The normalized spacial score (nSPS) is 13.5. The molecule has 0 aliphatic carbocycles. The number of dihydropyridines is 1. The summed E-state index contributed by atoms with van der Waals surface area (Å²) in [7, 11) is 0. The molecule has 2 aromatic carbocycles. The third-order valence-corrected chi connectivity index (χ3v) is 7.03. The van der Waals surface area contributed by atoms with Crippen LogP contribution in [0.1, 0.15) is 45.6 Å². The summed E-state index contributed by atoms with van der Waals surface area (Å²) in [5.74, 6) is -0.663. The van der Waals surface area contributed by atoms with Crippen LogP contribution in [-0.4, -0.2) is 41.5 Å². The van der Waals surface area contributed by atoms with Gasteiger partial charge in [0.15, 0.2) is 0 Å². The zero-order chi connectivity index (χ0) is 30.9. The third kappa shape index (κ3) is 7.33. The standard InChI is InChI=1S/C35H39N3O5/c1-7-19-42-34(39)30-24(5)36-25(6)31(35(40)43-20-8-2)32(30)29-22-38(27-12-10-9-11-13-27)37-33(29)26-14-16-28(17-15-26)41-21-18-23(3)4/h7-17,22-23,32,36H,1-2,18-21H2,3-6H3. The number of carbonyl (C=O) groups excluding carboxylic acids is 2. The Balaban J connectivity index is 1.89. The lowest BCUT2D eigenvalue weighted by atomic mass is 9.79. The van der Waals surface area contributed by atoms with E-state index in [4.69, 9.17) is 19.3 Å². The Bertz CT molecular complexity index is 1490. The van der Waals surface area contributed by atoms with Crippen molar-refractivity contribution in [3.63, 3.8) is 0 Å². The highest BCUT2D eigenvalue weighted by molar-refractivity contribution is 6.00. The van der Waals surface area contributed by atoms with Crippen LogP contribution in [0.25, 0.3) is 16.9 Å². The molecule has 224 valence electrons. The number of ether oxygens (including phenoxy) is 3. The van der Waals surface area contributed by atoms with Gasteiger partial charge in [-0.15, -0.1) is 0 Å². The number of hydrogen-bond acceptors (Lipinski definition) is 7. The number of carbonyl (C=O) groups is 2. The van der Waals surface area contributed by atoms with Crippen LogP contribution in [0.4, 0.5) is 0 Å². The third-order valence-electron chi connectivity index (χ3n) is 7.03. The van der Waals surface area contributed by atoms with Crippen LogP contribution >= 0.6 is 0 Å². The number of aromatic nitrogens is 2. The van der Waals surface area contributed by atoms with E-state index in [0.717, 1.165) is 23.4 Å². The Morgan fingerprint density at radius 2 is 1.51 bits per heavy atom. The molecule has 0 unspecified atom stereocenters. The maximum Gasteiger partial charge on any atom is 0.337 e. The highest BCUT2D eigenvalue weighted by atomic mass is 16.5. The summed E-state index contributed by atoms with van der Waals surface area (Å²) in [4.78, 5) is 27.1. The summed E-state index contributed by atoms with van der Waals surface area (Å²) >= 11 is 0. The Kier molecular flexibility index (Phi) is 10.4. The first-order valence-electron chi connectivity index (χ1n) is 14.4. The van der Waals surface area contributed by atoms with E-state index in [0.29, 0.717) is 46.3 Å². The van der Waals surface area contributed by atoms with Gasteiger partial charge >= 0.3 is 11.9 Å². The highest BCUT2D eigenvalue weighted by Crippen LogP contribution is 2.43. The molecule has 0 atom stereocenters. The highest BCUT2D eigenvalue weighted by Gasteiger charge is 2.40. The molecule has 1 aromatic heterocycles. The van der Waals surface area contributed by atoms with Gasteiger partial charge in [0.2, 0.25) is 0 Å². The molecule has 8 heteroatoms. The molecule has 0 bridgehead atoms. The van der Waals surface area contributed by atoms with Gasteiger partial charge in [0.25, 0.3) is 0 Å². The molecule has 0 spiro atoms. The zero-order valence-corrected chi connectivity index (χ0v) is 25.3. The molecule has 0 amide bonds. The molecular weight excluding hydrogens is 542 g/mol. The van der Waals surface area contributed by atoms with E-state index in [1.54, 1.807) is 18.5 Å². The van der Waals surface area contributed by atoms with E-state index >= 15 is 0 Å². The zero-order valence-electron chi connectivity index (χ0n) is 25.3. The minimum Gasteiger partial charge on any atom is -0.494 e. The minimum absolute atomic E-state index is 0.0235. The quantitative estimate of drug-likeness (QED) is 0.178. The average molecular weight is 582 g/mol. The van der Waals surface area contributed by atoms with Crippen molar-refractivity contribution in [2.75, 3.05) is 19.8 Å². The summed E-state index contributed by atoms with van der Waals surface area (Å²) in [6, 6.07) is 17.3. The molecule has 0 fully saturated rings. The number of rotatable bonds is 13. The molecule has 3 aromatic rings. The first-order chi connectivity index (χ1) is 20.7. The molecule has 8 nitrogen and oxygen atoms in total. The van der Waals surface area contributed by atoms with Gasteiger partial charge in [-0.05, 0) is 62.6 Å². The van der Waals surface area contributed by atoms with Gasteiger partial charge in [0.05, 0.1) is 35.1 Å². The van der Waals surface area contributed by atoms with Crippen molar-refractivity contribution in [1.82, 2.24) is 15.1 Å². The first-order valence-corrected chi connectivity index (χ1v) is 14.4. The van der Waals surface area contributed by atoms with Gasteiger partial charge in [-0.25, -0.2) is 14.3 Å². The van der Waals surface area contributed by atoms with Crippen molar-refractivity contribution >= 4 is 11.9 Å². The average Bonchev–Trinajstić information content (AvgIpc) is 3.44. The van der Waals surface area contributed by atoms with Gasteiger partial charge in [-0.1, -0.05) is 57.4 Å². The second kappa shape index (κ2) is 14.4. The number of esters is 2. The fourth-order valence-electron chi connectivity index (χ4n) is 4.93. The van der Waals surface area contributed by atoms with Crippen molar-refractivity contribution in [2.24, 2.45) is 5.92 Å². The van der Waals surface area contributed by atoms with Crippen molar-refractivity contribution in [2.45, 2.75) is 40.0 Å². The number of nitrogens with zero attached hydrogens (tertiary/aromatic N) is 2. The van der Waals surface area contributed by atoms with Gasteiger partial charge in [0.1, 0.15) is 19.0 Å². The number of para-hydroxylation sites is 1. The number of hydrogen-bond donors (Lipinski definition) is 1.